The molecule has 0 bridgehead atoms. The van der Waals surface area contributed by atoms with Crippen LogP contribution >= 0.6 is 0 Å². The van der Waals surface area contributed by atoms with Gasteiger partial charge in [-0.3, -0.25) is 4.79 Å². The first-order valence-electron chi connectivity index (χ1n) is 12.0. The predicted octanol–water partition coefficient (Wildman–Crippen LogP) is 4.91. The minimum absolute atomic E-state index is 0.122. The Kier molecular flexibility index (Phi) is 7.69. The molecule has 35 heavy (non-hydrogen) atoms. The zero-order valence-corrected chi connectivity index (χ0v) is 20.1. The van der Waals surface area contributed by atoms with Crippen LogP contribution in [0, 0.1) is 17.2 Å². The molecule has 3 N–H and O–H groups in total. The monoisotopic (exact) mass is 469 g/mol. The number of fused-ring (bicyclic) bond motifs is 1. The standard InChI is InChI=1S/C29H31N3O3/c1-19(29(33)34)24-12-11-20(15-27(24)35-2)13-14-31-28(21-7-4-3-5-8-21)23-16-25-22(17-30)9-6-10-26(25)32-18-23/h3-12,15,19,23,28,31-32H,13-14,16,18H2,1-2H3,(H,33,34)/t19-,23+,28+/m0/s1. The number of carbonyl (C=O) groups is 1. The number of aliphatic carboxylic acids is 1. The number of nitriles is 1. The predicted molar refractivity (Wildman–Crippen MR) is 137 cm³/mol. The molecule has 0 saturated carbocycles. The van der Waals surface area contributed by atoms with E-state index in [-0.39, 0.29) is 12.0 Å². The summed E-state index contributed by atoms with van der Waals surface area (Å²) < 4.78 is 5.49. The summed E-state index contributed by atoms with van der Waals surface area (Å²) in [6.45, 7) is 3.24. The fraction of sp³-hybridized carbons (Fsp3) is 0.310. The van der Waals surface area contributed by atoms with Crippen LogP contribution in [0.2, 0.25) is 0 Å². The van der Waals surface area contributed by atoms with Crippen LogP contribution < -0.4 is 15.4 Å². The number of hydrogen-bond donors (Lipinski definition) is 3. The van der Waals surface area contributed by atoms with E-state index < -0.39 is 11.9 Å². The Labute approximate surface area is 206 Å². The van der Waals surface area contributed by atoms with Crippen LogP contribution in [0.25, 0.3) is 0 Å². The molecule has 1 aliphatic rings. The van der Waals surface area contributed by atoms with Gasteiger partial charge in [0.05, 0.1) is 24.7 Å². The molecule has 1 heterocycles. The van der Waals surface area contributed by atoms with E-state index >= 15 is 0 Å². The molecule has 6 nitrogen and oxygen atoms in total. The van der Waals surface area contributed by atoms with Gasteiger partial charge in [-0.1, -0.05) is 48.5 Å². The summed E-state index contributed by atoms with van der Waals surface area (Å²) in [6, 6.07) is 24.5. The van der Waals surface area contributed by atoms with E-state index in [9.17, 15) is 15.2 Å². The van der Waals surface area contributed by atoms with Gasteiger partial charge in [0.15, 0.2) is 0 Å². The SMILES string of the molecule is COc1cc(CCN[C@H](c2ccccc2)[C@H]2CNc3cccc(C#N)c3C2)ccc1[C@H](C)C(=O)O. The maximum absolute atomic E-state index is 11.4. The van der Waals surface area contributed by atoms with E-state index in [0.717, 1.165) is 48.3 Å². The first-order valence-corrected chi connectivity index (χ1v) is 12.0. The van der Waals surface area contributed by atoms with Gasteiger partial charge in [0.1, 0.15) is 5.75 Å². The zero-order valence-electron chi connectivity index (χ0n) is 20.1. The van der Waals surface area contributed by atoms with Gasteiger partial charge in [-0.15, -0.1) is 0 Å². The van der Waals surface area contributed by atoms with Crippen LogP contribution in [0.1, 0.15) is 46.7 Å². The molecule has 0 saturated heterocycles. The summed E-state index contributed by atoms with van der Waals surface area (Å²) in [7, 11) is 1.57. The third kappa shape index (κ3) is 5.47. The van der Waals surface area contributed by atoms with Crippen molar-refractivity contribution in [3.8, 4) is 11.8 Å². The number of nitrogens with one attached hydrogen (secondary N) is 2. The van der Waals surface area contributed by atoms with E-state index in [2.05, 4.69) is 41.0 Å². The third-order valence-corrected chi connectivity index (χ3v) is 6.86. The summed E-state index contributed by atoms with van der Waals surface area (Å²) in [4.78, 5) is 11.4. The fourth-order valence-corrected chi connectivity index (χ4v) is 4.88. The number of rotatable bonds is 9. The molecule has 180 valence electrons. The van der Waals surface area contributed by atoms with Crippen LogP contribution in [0.5, 0.6) is 5.75 Å². The third-order valence-electron chi connectivity index (χ3n) is 6.86. The summed E-state index contributed by atoms with van der Waals surface area (Å²) >= 11 is 0. The summed E-state index contributed by atoms with van der Waals surface area (Å²) in [5, 5.41) is 26.2. The smallest absolute Gasteiger partial charge is 0.310 e. The van der Waals surface area contributed by atoms with Crippen LogP contribution in [0.3, 0.4) is 0 Å². The van der Waals surface area contributed by atoms with Crippen molar-refractivity contribution in [3.05, 3.63) is 94.5 Å². The van der Waals surface area contributed by atoms with Crippen molar-refractivity contribution in [3.63, 3.8) is 0 Å². The van der Waals surface area contributed by atoms with Crippen molar-refractivity contribution in [2.75, 3.05) is 25.5 Å². The Bertz CT molecular complexity index is 1220. The quantitative estimate of drug-likeness (QED) is 0.412. The van der Waals surface area contributed by atoms with E-state index in [0.29, 0.717) is 11.3 Å². The molecule has 1 aliphatic heterocycles. The normalized spacial score (nSPS) is 16.3. The average Bonchev–Trinajstić information content (AvgIpc) is 2.90. The molecular weight excluding hydrogens is 438 g/mol. The lowest BCUT2D eigenvalue weighted by Crippen LogP contribution is -2.37. The van der Waals surface area contributed by atoms with Crippen LogP contribution in [-0.4, -0.2) is 31.3 Å². The van der Waals surface area contributed by atoms with Crippen LogP contribution in [0.4, 0.5) is 5.69 Å². The van der Waals surface area contributed by atoms with Crippen molar-refractivity contribution in [1.29, 1.82) is 5.26 Å². The molecule has 6 heteroatoms. The second-order valence-corrected chi connectivity index (χ2v) is 9.02. The molecule has 3 aromatic rings. The lowest BCUT2D eigenvalue weighted by molar-refractivity contribution is -0.138. The highest BCUT2D eigenvalue weighted by atomic mass is 16.5. The van der Waals surface area contributed by atoms with Gasteiger partial charge < -0.3 is 20.5 Å². The first kappa shape index (κ1) is 24.3. The van der Waals surface area contributed by atoms with E-state index in [1.807, 2.05) is 42.5 Å². The zero-order chi connectivity index (χ0) is 24.8. The Morgan fingerprint density at radius 3 is 2.71 bits per heavy atom. The van der Waals surface area contributed by atoms with E-state index in [4.69, 9.17) is 4.74 Å². The van der Waals surface area contributed by atoms with Gasteiger partial charge in [-0.05, 0) is 67.1 Å². The van der Waals surface area contributed by atoms with E-state index in [1.54, 1.807) is 14.0 Å². The van der Waals surface area contributed by atoms with Crippen molar-refractivity contribution >= 4 is 11.7 Å². The van der Waals surface area contributed by atoms with Crippen molar-refractivity contribution in [1.82, 2.24) is 5.32 Å². The van der Waals surface area contributed by atoms with E-state index in [1.165, 1.54) is 5.56 Å². The maximum Gasteiger partial charge on any atom is 0.310 e. The molecule has 0 aliphatic carbocycles. The number of nitrogens with zero attached hydrogens (tertiary/aromatic N) is 1. The Morgan fingerprint density at radius 1 is 1.20 bits per heavy atom. The molecule has 0 radical (unpaired) electrons. The van der Waals surface area contributed by atoms with Crippen molar-refractivity contribution in [2.24, 2.45) is 5.92 Å². The number of anilines is 1. The van der Waals surface area contributed by atoms with Gasteiger partial charge in [-0.2, -0.15) is 5.26 Å². The molecule has 3 aromatic carbocycles. The highest BCUT2D eigenvalue weighted by molar-refractivity contribution is 5.76. The number of hydrogen-bond acceptors (Lipinski definition) is 5. The number of methoxy groups -OCH3 is 1. The van der Waals surface area contributed by atoms with Crippen molar-refractivity contribution in [2.45, 2.75) is 31.7 Å². The molecule has 0 fully saturated rings. The maximum atomic E-state index is 11.4. The first-order chi connectivity index (χ1) is 17.0. The molecule has 4 rings (SSSR count). The van der Waals surface area contributed by atoms with Crippen LogP contribution in [-0.2, 0) is 17.6 Å². The summed E-state index contributed by atoms with van der Waals surface area (Å²) in [5.74, 6) is -0.605. The van der Waals surface area contributed by atoms with Gasteiger partial charge >= 0.3 is 5.97 Å². The Morgan fingerprint density at radius 2 is 2.00 bits per heavy atom. The lowest BCUT2D eigenvalue weighted by atomic mass is 9.83. The highest BCUT2D eigenvalue weighted by Gasteiger charge is 2.28. The topological polar surface area (TPSA) is 94.4 Å². The Balaban J connectivity index is 1.50. The van der Waals surface area contributed by atoms with Gasteiger partial charge in [0.25, 0.3) is 0 Å². The van der Waals surface area contributed by atoms with Gasteiger partial charge in [-0.25, -0.2) is 0 Å². The largest absolute Gasteiger partial charge is 0.496 e. The molecule has 3 atom stereocenters. The van der Waals surface area contributed by atoms with Crippen molar-refractivity contribution < 1.29 is 14.6 Å². The molecule has 0 spiro atoms. The summed E-state index contributed by atoms with van der Waals surface area (Å²) in [5.41, 5.74) is 5.85. The second kappa shape index (κ2) is 11.1. The molecule has 0 amide bonds. The van der Waals surface area contributed by atoms with Crippen LogP contribution in [0.15, 0.2) is 66.7 Å². The minimum atomic E-state index is -0.870. The number of carboxylic acid groups (broad SMARTS) is 1. The number of benzene rings is 3. The molecule has 0 aromatic heterocycles. The average molecular weight is 470 g/mol. The summed E-state index contributed by atoms with van der Waals surface area (Å²) in [6.07, 6.45) is 1.61. The van der Waals surface area contributed by atoms with Gasteiger partial charge in [0.2, 0.25) is 0 Å². The Hall–Kier alpha value is -3.82. The second-order valence-electron chi connectivity index (χ2n) is 9.02. The lowest BCUT2D eigenvalue weighted by Gasteiger charge is -2.34. The van der Waals surface area contributed by atoms with Gasteiger partial charge in [0, 0.05) is 23.8 Å². The number of ether oxygens (including phenoxy) is 1. The minimum Gasteiger partial charge on any atom is -0.496 e. The fourth-order valence-electron chi connectivity index (χ4n) is 4.88. The molecule has 0 unspecified atom stereocenters. The highest BCUT2D eigenvalue weighted by Crippen LogP contribution is 2.34. The number of carboxylic acids is 1. The molecular formula is C29H31N3O3.